The van der Waals surface area contributed by atoms with Gasteiger partial charge in [0.15, 0.2) is 31.5 Å². The van der Waals surface area contributed by atoms with Crippen LogP contribution in [0, 0.1) is 0 Å². The van der Waals surface area contributed by atoms with Gasteiger partial charge in [-0.2, -0.15) is 0 Å². The average Bonchev–Trinajstić information content (AvgIpc) is 0.779. The Morgan fingerprint density at radius 1 is 0.377 bits per heavy atom. The van der Waals surface area contributed by atoms with Crippen LogP contribution in [-0.2, 0) is 57.0 Å². The van der Waals surface area contributed by atoms with Gasteiger partial charge in [0, 0.05) is 13.3 Å². The highest BCUT2D eigenvalue weighted by molar-refractivity contribution is 5.76. The number of hydrogen-bond acceptors (Lipinski definition) is 28. The molecule has 5 aliphatic rings. The summed E-state index contributed by atoms with van der Waals surface area (Å²) >= 11 is 0. The number of nitrogens with one attached hydrogen (secondary N) is 2. The van der Waals surface area contributed by atoms with Gasteiger partial charge in [-0.15, -0.1) is 0 Å². The van der Waals surface area contributed by atoms with E-state index >= 15 is 0 Å². The van der Waals surface area contributed by atoms with Crippen LogP contribution in [0.5, 0.6) is 0 Å². The van der Waals surface area contributed by atoms with Crippen molar-refractivity contribution in [3.05, 3.63) is 12.2 Å². The monoisotopic (exact) mass is 1530 g/mol. The molecule has 0 aromatic rings. The Balaban J connectivity index is 1.20. The van der Waals surface area contributed by atoms with E-state index < -0.39 is 211 Å². The number of aliphatic hydroxyl groups excluding tert-OH is 16. The van der Waals surface area contributed by atoms with Crippen LogP contribution in [0.1, 0.15) is 252 Å². The molecule has 106 heavy (non-hydrogen) atoms. The Kier molecular flexibility index (Phi) is 47.7. The molecular weight excluding hydrogens is 1390 g/mol. The minimum Gasteiger partial charge on any atom is -0.394 e. The van der Waals surface area contributed by atoms with Crippen molar-refractivity contribution in [1.29, 1.82) is 0 Å². The zero-order chi connectivity index (χ0) is 77.3. The number of hydrogen-bond donors (Lipinski definition) is 18. The molecule has 622 valence electrons. The lowest BCUT2D eigenvalue weighted by Gasteiger charge is -2.49. The van der Waals surface area contributed by atoms with Gasteiger partial charge < -0.3 is 140 Å². The predicted molar refractivity (Wildman–Crippen MR) is 386 cm³/mol. The summed E-state index contributed by atoms with van der Waals surface area (Å²) in [7, 11) is 0. The minimum absolute atomic E-state index is 0.178. The molecule has 0 bridgehead atoms. The van der Waals surface area contributed by atoms with Gasteiger partial charge in [-0.3, -0.25) is 9.59 Å². The Morgan fingerprint density at radius 2 is 0.736 bits per heavy atom. The molecule has 0 radical (unpaired) electrons. The van der Waals surface area contributed by atoms with Crippen molar-refractivity contribution in [2.45, 2.75) is 418 Å². The Labute approximate surface area is 628 Å². The van der Waals surface area contributed by atoms with E-state index in [1.807, 2.05) is 6.08 Å². The van der Waals surface area contributed by atoms with Crippen LogP contribution in [-0.4, -0.2) is 299 Å². The second-order valence-corrected chi connectivity index (χ2v) is 30.0. The Morgan fingerprint density at radius 3 is 1.16 bits per heavy atom. The molecule has 0 spiro atoms. The van der Waals surface area contributed by atoms with Crippen molar-refractivity contribution in [3.63, 3.8) is 0 Å². The summed E-state index contributed by atoms with van der Waals surface area (Å²) in [5.41, 5.74) is 0. The maximum atomic E-state index is 13.6. The number of aliphatic hydroxyl groups is 16. The van der Waals surface area contributed by atoms with E-state index in [0.29, 0.717) is 12.8 Å². The maximum Gasteiger partial charge on any atom is 0.220 e. The van der Waals surface area contributed by atoms with E-state index in [-0.39, 0.29) is 12.3 Å². The fourth-order valence-corrected chi connectivity index (χ4v) is 14.5. The highest BCUT2D eigenvalue weighted by atomic mass is 16.8. The molecule has 30 heteroatoms. The molecule has 30 nitrogen and oxygen atoms in total. The third kappa shape index (κ3) is 31.9. The zero-order valence-corrected chi connectivity index (χ0v) is 63.5. The van der Waals surface area contributed by atoms with Crippen LogP contribution in [0.2, 0.25) is 0 Å². The molecule has 27 atom stereocenters. The average molecular weight is 1530 g/mol. The minimum atomic E-state index is -2.20. The van der Waals surface area contributed by atoms with Crippen molar-refractivity contribution in [2.75, 3.05) is 39.6 Å². The second-order valence-electron chi connectivity index (χ2n) is 30.0. The molecule has 5 aliphatic heterocycles. The molecule has 0 saturated carbocycles. The number of allylic oxidation sites excluding steroid dienone is 1. The van der Waals surface area contributed by atoms with Crippen LogP contribution in [0.3, 0.4) is 0 Å². The molecule has 5 heterocycles. The molecular formula is C76H140N2O28. The third-order valence-electron chi connectivity index (χ3n) is 21.2. The van der Waals surface area contributed by atoms with E-state index in [9.17, 15) is 91.3 Å². The molecule has 5 rings (SSSR count). The number of unbranched alkanes of at least 4 members (excludes halogenated alkanes) is 33. The van der Waals surface area contributed by atoms with Gasteiger partial charge in [0.05, 0.1) is 51.8 Å². The number of carbonyl (C=O) groups is 2. The first-order valence-electron chi connectivity index (χ1n) is 40.5. The lowest BCUT2D eigenvalue weighted by molar-refractivity contribution is -0.385. The number of amides is 2. The van der Waals surface area contributed by atoms with Crippen molar-refractivity contribution in [3.8, 4) is 0 Å². The first kappa shape index (κ1) is 94.2. The van der Waals surface area contributed by atoms with Gasteiger partial charge in [0.2, 0.25) is 11.8 Å². The summed E-state index contributed by atoms with van der Waals surface area (Å²) in [6, 6.07) is -2.71. The zero-order valence-electron chi connectivity index (χ0n) is 63.5. The maximum absolute atomic E-state index is 13.6. The molecule has 5 saturated heterocycles. The van der Waals surface area contributed by atoms with Gasteiger partial charge in [0.25, 0.3) is 0 Å². The molecule has 0 aromatic heterocycles. The lowest BCUT2D eigenvalue weighted by Crippen LogP contribution is -2.68. The summed E-state index contributed by atoms with van der Waals surface area (Å²) in [5.74, 6) is -1.11. The van der Waals surface area contributed by atoms with Gasteiger partial charge in [-0.05, 0) is 19.3 Å². The van der Waals surface area contributed by atoms with Crippen LogP contribution in [0.25, 0.3) is 0 Å². The van der Waals surface area contributed by atoms with Crippen LogP contribution in [0.4, 0.5) is 0 Å². The normalized spacial score (nSPS) is 34.3. The van der Waals surface area contributed by atoms with Gasteiger partial charge in [0.1, 0.15) is 122 Å². The van der Waals surface area contributed by atoms with E-state index in [1.54, 1.807) is 6.08 Å². The van der Waals surface area contributed by atoms with Crippen molar-refractivity contribution >= 4 is 11.8 Å². The molecule has 10 unspecified atom stereocenters. The fourth-order valence-electron chi connectivity index (χ4n) is 14.5. The molecule has 0 aromatic carbocycles. The first-order chi connectivity index (χ1) is 51.2. The number of carbonyl (C=O) groups excluding carboxylic acids is 2. The molecule has 5 fully saturated rings. The molecule has 2 amide bonds. The summed E-state index contributed by atoms with van der Waals surface area (Å²) in [6.07, 6.45) is -0.356. The quantitative estimate of drug-likeness (QED) is 0.0307. The second kappa shape index (κ2) is 53.6. The van der Waals surface area contributed by atoms with Crippen LogP contribution >= 0.6 is 0 Å². The topological polar surface area (TPSA) is 474 Å². The smallest absolute Gasteiger partial charge is 0.220 e. The van der Waals surface area contributed by atoms with Crippen molar-refractivity contribution in [1.82, 2.24) is 10.6 Å². The van der Waals surface area contributed by atoms with E-state index in [0.717, 1.165) is 58.3 Å². The van der Waals surface area contributed by atoms with E-state index in [4.69, 9.17) is 47.4 Å². The van der Waals surface area contributed by atoms with Gasteiger partial charge in [-0.1, -0.05) is 231 Å². The lowest BCUT2D eigenvalue weighted by atomic mass is 9.95. The SMILES string of the molecule is CCCCCCCCCCCCC/C=C/[C@@H](O)[C@H](CO[C@@H]1OC(CO)[C@@H](O[C@@H]2OC(CO[C@@H]3OC(CO)[C@@H](O[C@@H]4OC(CO)[C@H](O)[C@H](O)C4O)[C@H](O)C3NC(C)=O)[C@H](O)[C@H](O[C@H]3OC(CO)[C@H](O)[C@H](O)C3O)C2O)[C@H](O)C1O)NC(=O)CCCCCCCCCCCCCCCCCCCCCCCCC. The molecule has 18 N–H and O–H groups in total. The summed E-state index contributed by atoms with van der Waals surface area (Å²) in [4.78, 5) is 26.3. The number of rotatable bonds is 56. The van der Waals surface area contributed by atoms with E-state index in [2.05, 4.69) is 24.5 Å². The Bertz CT molecular complexity index is 2290. The first-order valence-corrected chi connectivity index (χ1v) is 40.5. The highest BCUT2D eigenvalue weighted by Crippen LogP contribution is 2.36. The summed E-state index contributed by atoms with van der Waals surface area (Å²) in [5, 5.41) is 181. The summed E-state index contributed by atoms with van der Waals surface area (Å²) in [6.45, 7) is 0.570. The highest BCUT2D eigenvalue weighted by Gasteiger charge is 2.56. The van der Waals surface area contributed by atoms with Crippen LogP contribution in [0.15, 0.2) is 12.2 Å². The largest absolute Gasteiger partial charge is 0.394 e. The number of ether oxygens (including phenoxy) is 10. The predicted octanol–water partition coefficient (Wildman–Crippen LogP) is 2.73. The fraction of sp³-hybridized carbons (Fsp3) is 0.947. The Hall–Kier alpha value is -2.36. The molecule has 0 aliphatic carbocycles. The summed E-state index contributed by atoms with van der Waals surface area (Å²) < 4.78 is 58.8. The van der Waals surface area contributed by atoms with Crippen molar-refractivity contribution < 1.29 is 139 Å². The van der Waals surface area contributed by atoms with E-state index in [1.165, 1.54) is 161 Å². The van der Waals surface area contributed by atoms with Gasteiger partial charge >= 0.3 is 0 Å². The standard InChI is InChI=1S/C76H140N2O28/c1-4-6-8-10-12-14-16-18-19-20-21-22-23-24-25-26-27-29-31-33-35-37-39-41-56(85)78-49(50(84)40-38-36-34-32-30-28-17-15-13-11-9-7-5-2)46-97-73-67(95)64(92)70(54(45-82)102-73)105-76-68(96)71(106-75-66(94)63(91)59(87)52(43-80)100-75)60(88)55(103-76)47-98-72-57(77-48(3)83)61(89)69(53(44-81)101-72)104-74-65(93)62(90)58(86)51(42-79)99-74/h38,40,49-55,57-76,79-82,84,86-96H,4-37,39,41-47H2,1-3H3,(H,77,83)(H,78,85)/b40-38+/t49-,50+,51?,52?,53?,54?,55?,57?,58-,59-,60-,61+,62-,63-,64+,65?,66?,67?,68?,69+,70+,71-,72+,73+,74-,75+,76-/m0/s1. The van der Waals surface area contributed by atoms with Crippen LogP contribution < -0.4 is 10.6 Å². The van der Waals surface area contributed by atoms with Crippen molar-refractivity contribution in [2.24, 2.45) is 0 Å². The third-order valence-corrected chi connectivity index (χ3v) is 21.2. The van der Waals surface area contributed by atoms with Gasteiger partial charge in [-0.25, -0.2) is 0 Å².